The van der Waals surface area contributed by atoms with Gasteiger partial charge >= 0.3 is 0 Å². The standard InChI is InChI=1S/C9H10S/c1-3-5-8-6-7-10-9(8)4-2/h3-7H,2H2,1H3/b5-3-. The first-order chi connectivity index (χ1) is 4.88. The van der Waals surface area contributed by atoms with Crippen molar-refractivity contribution in [1.29, 1.82) is 0 Å². The van der Waals surface area contributed by atoms with Gasteiger partial charge < -0.3 is 0 Å². The van der Waals surface area contributed by atoms with Crippen LogP contribution in [0.1, 0.15) is 17.4 Å². The van der Waals surface area contributed by atoms with Crippen molar-refractivity contribution in [2.75, 3.05) is 0 Å². The van der Waals surface area contributed by atoms with Gasteiger partial charge in [-0.3, -0.25) is 0 Å². The molecule has 52 valence electrons. The van der Waals surface area contributed by atoms with Gasteiger partial charge in [0.1, 0.15) is 0 Å². The molecule has 0 radical (unpaired) electrons. The minimum absolute atomic E-state index is 1.25. The summed E-state index contributed by atoms with van der Waals surface area (Å²) in [5, 5.41) is 2.08. The smallest absolute Gasteiger partial charge is 0.0336 e. The minimum Gasteiger partial charge on any atom is -0.144 e. The van der Waals surface area contributed by atoms with Gasteiger partial charge in [-0.15, -0.1) is 11.3 Å². The van der Waals surface area contributed by atoms with E-state index >= 15 is 0 Å². The summed E-state index contributed by atoms with van der Waals surface area (Å²) in [4.78, 5) is 1.25. The fraction of sp³-hybridized carbons (Fsp3) is 0.111. The van der Waals surface area contributed by atoms with Crippen molar-refractivity contribution in [3.63, 3.8) is 0 Å². The van der Waals surface area contributed by atoms with Crippen LogP contribution in [-0.4, -0.2) is 0 Å². The summed E-state index contributed by atoms with van der Waals surface area (Å²) in [5.74, 6) is 0. The fourth-order valence-corrected chi connectivity index (χ4v) is 1.54. The lowest BCUT2D eigenvalue weighted by Crippen LogP contribution is -1.65. The molecule has 0 fully saturated rings. The van der Waals surface area contributed by atoms with Crippen molar-refractivity contribution in [3.05, 3.63) is 34.5 Å². The van der Waals surface area contributed by atoms with E-state index in [0.717, 1.165) is 0 Å². The second kappa shape index (κ2) is 3.37. The number of hydrogen-bond donors (Lipinski definition) is 0. The SMILES string of the molecule is C=Cc1sccc1/C=C\C. The summed E-state index contributed by atoms with van der Waals surface area (Å²) >= 11 is 1.72. The van der Waals surface area contributed by atoms with Crippen LogP contribution in [0.3, 0.4) is 0 Å². The van der Waals surface area contributed by atoms with E-state index in [0.29, 0.717) is 0 Å². The van der Waals surface area contributed by atoms with Crippen LogP contribution in [0.15, 0.2) is 24.1 Å². The molecule has 0 nitrogen and oxygen atoms in total. The molecule has 0 aromatic carbocycles. The van der Waals surface area contributed by atoms with Gasteiger partial charge in [0.05, 0.1) is 0 Å². The van der Waals surface area contributed by atoms with E-state index in [2.05, 4.69) is 24.1 Å². The van der Waals surface area contributed by atoms with Crippen LogP contribution in [-0.2, 0) is 0 Å². The highest BCUT2D eigenvalue weighted by molar-refractivity contribution is 7.11. The van der Waals surface area contributed by atoms with Gasteiger partial charge in [-0.25, -0.2) is 0 Å². The largest absolute Gasteiger partial charge is 0.144 e. The molecular formula is C9H10S. The molecule has 1 aromatic rings. The lowest BCUT2D eigenvalue weighted by Gasteiger charge is -1.86. The van der Waals surface area contributed by atoms with Gasteiger partial charge in [0.25, 0.3) is 0 Å². The monoisotopic (exact) mass is 150 g/mol. The van der Waals surface area contributed by atoms with Crippen molar-refractivity contribution >= 4 is 23.5 Å². The van der Waals surface area contributed by atoms with E-state index < -0.39 is 0 Å². The average molecular weight is 150 g/mol. The van der Waals surface area contributed by atoms with Gasteiger partial charge in [0, 0.05) is 4.88 Å². The summed E-state index contributed by atoms with van der Waals surface area (Å²) in [6.07, 6.45) is 6.02. The third-order valence-corrected chi connectivity index (χ3v) is 2.19. The Balaban J connectivity index is 3.00. The van der Waals surface area contributed by atoms with E-state index in [1.807, 2.05) is 19.1 Å². The summed E-state index contributed by atoms with van der Waals surface area (Å²) in [6, 6.07) is 2.10. The zero-order valence-corrected chi connectivity index (χ0v) is 6.82. The predicted octanol–water partition coefficient (Wildman–Crippen LogP) is 3.42. The second-order valence-electron chi connectivity index (χ2n) is 1.94. The molecule has 0 aliphatic rings. The van der Waals surface area contributed by atoms with Gasteiger partial charge in [0.15, 0.2) is 0 Å². The number of hydrogen-bond acceptors (Lipinski definition) is 1. The molecule has 1 rings (SSSR count). The average Bonchev–Trinajstić information content (AvgIpc) is 2.36. The van der Waals surface area contributed by atoms with E-state index in [4.69, 9.17) is 0 Å². The molecule has 0 bridgehead atoms. The van der Waals surface area contributed by atoms with Gasteiger partial charge in [-0.1, -0.05) is 24.8 Å². The van der Waals surface area contributed by atoms with Crippen molar-refractivity contribution in [2.45, 2.75) is 6.92 Å². The molecule has 0 aliphatic carbocycles. The Morgan fingerprint density at radius 1 is 1.60 bits per heavy atom. The molecule has 0 unspecified atom stereocenters. The van der Waals surface area contributed by atoms with Crippen LogP contribution in [0.5, 0.6) is 0 Å². The number of allylic oxidation sites excluding steroid dienone is 1. The maximum absolute atomic E-state index is 3.72. The van der Waals surface area contributed by atoms with Gasteiger partial charge in [0.2, 0.25) is 0 Å². The Labute approximate surface area is 65.5 Å². The van der Waals surface area contributed by atoms with Crippen LogP contribution in [0.4, 0.5) is 0 Å². The quantitative estimate of drug-likeness (QED) is 0.606. The normalized spacial score (nSPS) is 10.5. The molecule has 0 N–H and O–H groups in total. The first kappa shape index (κ1) is 7.29. The van der Waals surface area contributed by atoms with Crippen molar-refractivity contribution in [1.82, 2.24) is 0 Å². The second-order valence-corrected chi connectivity index (χ2v) is 2.89. The lowest BCUT2D eigenvalue weighted by atomic mass is 10.2. The molecule has 0 saturated carbocycles. The minimum atomic E-state index is 1.25. The highest BCUT2D eigenvalue weighted by Crippen LogP contribution is 2.18. The molecule has 0 saturated heterocycles. The number of thiophene rings is 1. The van der Waals surface area contributed by atoms with E-state index in [1.54, 1.807) is 11.3 Å². The molecular weight excluding hydrogens is 140 g/mol. The third kappa shape index (κ3) is 1.36. The zero-order valence-electron chi connectivity index (χ0n) is 6.00. The molecule has 1 heteroatoms. The Morgan fingerprint density at radius 3 is 3.00 bits per heavy atom. The van der Waals surface area contributed by atoms with E-state index in [1.165, 1.54) is 10.4 Å². The maximum Gasteiger partial charge on any atom is 0.0336 e. The first-order valence-corrected chi connectivity index (χ1v) is 4.09. The lowest BCUT2D eigenvalue weighted by molar-refractivity contribution is 1.75. The number of rotatable bonds is 2. The third-order valence-electron chi connectivity index (χ3n) is 1.26. The topological polar surface area (TPSA) is 0 Å². The van der Waals surface area contributed by atoms with Crippen LogP contribution >= 0.6 is 11.3 Å². The highest BCUT2D eigenvalue weighted by atomic mass is 32.1. The Hall–Kier alpha value is -0.820. The summed E-state index contributed by atoms with van der Waals surface area (Å²) in [7, 11) is 0. The van der Waals surface area contributed by atoms with Gasteiger partial charge in [-0.2, -0.15) is 0 Å². The first-order valence-electron chi connectivity index (χ1n) is 3.21. The summed E-state index contributed by atoms with van der Waals surface area (Å²) < 4.78 is 0. The molecule has 1 aromatic heterocycles. The fourth-order valence-electron chi connectivity index (χ4n) is 0.814. The maximum atomic E-state index is 3.72. The van der Waals surface area contributed by atoms with Crippen LogP contribution in [0.25, 0.3) is 12.2 Å². The molecule has 0 aliphatic heterocycles. The van der Waals surface area contributed by atoms with E-state index in [9.17, 15) is 0 Å². The molecule has 0 amide bonds. The van der Waals surface area contributed by atoms with Crippen LogP contribution in [0.2, 0.25) is 0 Å². The molecule has 0 spiro atoms. The van der Waals surface area contributed by atoms with Gasteiger partial charge in [-0.05, 0) is 23.9 Å². The van der Waals surface area contributed by atoms with E-state index in [-0.39, 0.29) is 0 Å². The van der Waals surface area contributed by atoms with Crippen LogP contribution in [0, 0.1) is 0 Å². The predicted molar refractivity (Wildman–Crippen MR) is 49.1 cm³/mol. The highest BCUT2D eigenvalue weighted by Gasteiger charge is 1.93. The van der Waals surface area contributed by atoms with Crippen molar-refractivity contribution in [2.24, 2.45) is 0 Å². The summed E-state index contributed by atoms with van der Waals surface area (Å²) in [6.45, 7) is 5.74. The molecule has 1 heterocycles. The Morgan fingerprint density at radius 2 is 2.40 bits per heavy atom. The van der Waals surface area contributed by atoms with Crippen molar-refractivity contribution < 1.29 is 0 Å². The molecule has 10 heavy (non-hydrogen) atoms. The summed E-state index contributed by atoms with van der Waals surface area (Å²) in [5.41, 5.74) is 1.27. The Bertz CT molecular complexity index is 243. The zero-order chi connectivity index (χ0) is 7.40. The Kier molecular flexibility index (Phi) is 2.46. The molecule has 0 atom stereocenters. The van der Waals surface area contributed by atoms with Crippen LogP contribution < -0.4 is 0 Å². The van der Waals surface area contributed by atoms with Crippen molar-refractivity contribution in [3.8, 4) is 0 Å².